The number of methoxy groups -OCH3 is 1. The first-order valence-electron chi connectivity index (χ1n) is 6.36. The van der Waals surface area contributed by atoms with Crippen LogP contribution in [0.25, 0.3) is 0 Å². The van der Waals surface area contributed by atoms with Gasteiger partial charge < -0.3 is 4.74 Å². The normalized spacial score (nSPS) is 13.6. The molecular formula is C14H23NO3S. The van der Waals surface area contributed by atoms with Crippen molar-refractivity contribution in [2.45, 2.75) is 45.6 Å². The number of aryl methyl sites for hydroxylation is 2. The minimum Gasteiger partial charge on any atom is -0.497 e. The highest BCUT2D eigenvalue weighted by molar-refractivity contribution is 7.89. The summed E-state index contributed by atoms with van der Waals surface area (Å²) in [6.45, 7) is 9.41. The molecule has 0 aliphatic rings. The molecule has 1 aromatic carbocycles. The van der Waals surface area contributed by atoms with Gasteiger partial charge in [-0.2, -0.15) is 0 Å². The second-order valence-corrected chi connectivity index (χ2v) is 6.90. The van der Waals surface area contributed by atoms with Gasteiger partial charge in [0.15, 0.2) is 0 Å². The Morgan fingerprint density at radius 3 is 1.95 bits per heavy atom. The van der Waals surface area contributed by atoms with Crippen LogP contribution in [0, 0.1) is 19.8 Å². The molecule has 0 fully saturated rings. The predicted octanol–water partition coefficient (Wildman–Crippen LogP) is 2.63. The summed E-state index contributed by atoms with van der Waals surface area (Å²) in [6.07, 6.45) is 0. The van der Waals surface area contributed by atoms with E-state index in [1.54, 1.807) is 33.1 Å². The summed E-state index contributed by atoms with van der Waals surface area (Å²) in [5.74, 6) is 0.916. The quantitative estimate of drug-likeness (QED) is 0.905. The third-order valence-corrected chi connectivity index (χ3v) is 5.14. The van der Waals surface area contributed by atoms with Crippen molar-refractivity contribution < 1.29 is 13.2 Å². The van der Waals surface area contributed by atoms with Crippen LogP contribution in [0.4, 0.5) is 0 Å². The lowest BCUT2D eigenvalue weighted by Gasteiger charge is -2.20. The molecule has 0 aliphatic heterocycles. The summed E-state index contributed by atoms with van der Waals surface area (Å²) >= 11 is 0. The summed E-state index contributed by atoms with van der Waals surface area (Å²) in [5, 5.41) is 0. The molecular weight excluding hydrogens is 262 g/mol. The highest BCUT2D eigenvalue weighted by Gasteiger charge is 2.23. The maximum atomic E-state index is 12.4. The van der Waals surface area contributed by atoms with Crippen molar-refractivity contribution in [2.75, 3.05) is 7.11 Å². The highest BCUT2D eigenvalue weighted by atomic mass is 32.2. The molecule has 4 nitrogen and oxygen atoms in total. The second-order valence-electron chi connectivity index (χ2n) is 5.24. The summed E-state index contributed by atoms with van der Waals surface area (Å²) in [4.78, 5) is 0.348. The van der Waals surface area contributed by atoms with E-state index in [0.29, 0.717) is 21.8 Å². The van der Waals surface area contributed by atoms with E-state index >= 15 is 0 Å². The van der Waals surface area contributed by atoms with E-state index in [-0.39, 0.29) is 12.0 Å². The van der Waals surface area contributed by atoms with Crippen molar-refractivity contribution in [1.82, 2.24) is 4.72 Å². The van der Waals surface area contributed by atoms with Gasteiger partial charge in [-0.1, -0.05) is 13.8 Å². The van der Waals surface area contributed by atoms with Crippen molar-refractivity contribution in [3.8, 4) is 5.75 Å². The first-order chi connectivity index (χ1) is 8.69. The molecule has 1 unspecified atom stereocenters. The van der Waals surface area contributed by atoms with Crippen LogP contribution in [0.2, 0.25) is 0 Å². The van der Waals surface area contributed by atoms with E-state index in [1.807, 2.05) is 20.8 Å². The molecule has 0 saturated carbocycles. The SMILES string of the molecule is COc1cc(C)c(S(=O)(=O)NC(C)C(C)C)c(C)c1. The highest BCUT2D eigenvalue weighted by Crippen LogP contribution is 2.26. The van der Waals surface area contributed by atoms with Crippen molar-refractivity contribution in [3.63, 3.8) is 0 Å². The fourth-order valence-corrected chi connectivity index (χ4v) is 3.74. The lowest BCUT2D eigenvalue weighted by Crippen LogP contribution is -2.36. The van der Waals surface area contributed by atoms with E-state index in [9.17, 15) is 8.42 Å². The Hall–Kier alpha value is -1.07. The zero-order valence-corrected chi connectivity index (χ0v) is 13.3. The molecule has 1 aromatic rings. The van der Waals surface area contributed by atoms with Crippen molar-refractivity contribution in [2.24, 2.45) is 5.92 Å². The molecule has 0 amide bonds. The standard InChI is InChI=1S/C14H23NO3S/c1-9(2)12(5)15-19(16,17)14-10(3)7-13(18-6)8-11(14)4/h7-9,12,15H,1-6H3. The molecule has 5 heteroatoms. The monoisotopic (exact) mass is 285 g/mol. The molecule has 1 N–H and O–H groups in total. The lowest BCUT2D eigenvalue weighted by molar-refractivity contribution is 0.413. The molecule has 1 rings (SSSR count). The van der Waals surface area contributed by atoms with Crippen molar-refractivity contribution in [3.05, 3.63) is 23.3 Å². The fourth-order valence-electron chi connectivity index (χ4n) is 1.89. The first kappa shape index (κ1) is 16.0. The summed E-state index contributed by atoms with van der Waals surface area (Å²) in [6, 6.07) is 3.37. The second kappa shape index (κ2) is 5.92. The van der Waals surface area contributed by atoms with Crippen LogP contribution in [-0.4, -0.2) is 21.6 Å². The molecule has 0 saturated heterocycles. The van der Waals surface area contributed by atoms with Gasteiger partial charge in [-0.25, -0.2) is 13.1 Å². The van der Waals surface area contributed by atoms with Gasteiger partial charge in [-0.3, -0.25) is 0 Å². The van der Waals surface area contributed by atoms with Crippen molar-refractivity contribution in [1.29, 1.82) is 0 Å². The summed E-state index contributed by atoms with van der Waals surface area (Å²) < 4.78 is 32.7. The largest absolute Gasteiger partial charge is 0.497 e. The molecule has 0 aromatic heterocycles. The average Bonchev–Trinajstić information content (AvgIpc) is 2.26. The van der Waals surface area contributed by atoms with Crippen LogP contribution in [0.15, 0.2) is 17.0 Å². The molecule has 0 radical (unpaired) electrons. The Morgan fingerprint density at radius 2 is 1.58 bits per heavy atom. The van der Waals surface area contributed by atoms with Crippen molar-refractivity contribution >= 4 is 10.0 Å². The van der Waals surface area contributed by atoms with Gasteiger partial charge in [0.1, 0.15) is 5.75 Å². The van der Waals surface area contributed by atoms with Crippen LogP contribution in [0.1, 0.15) is 31.9 Å². The molecule has 19 heavy (non-hydrogen) atoms. The van der Waals surface area contributed by atoms with Crippen LogP contribution in [0.3, 0.4) is 0 Å². The van der Waals surface area contributed by atoms with E-state index in [2.05, 4.69) is 4.72 Å². The van der Waals surface area contributed by atoms with Crippen LogP contribution in [0.5, 0.6) is 5.75 Å². The Morgan fingerprint density at radius 1 is 1.11 bits per heavy atom. The van der Waals surface area contributed by atoms with E-state index in [0.717, 1.165) is 0 Å². The van der Waals surface area contributed by atoms with Gasteiger partial charge in [-0.05, 0) is 49.9 Å². The molecule has 0 heterocycles. The zero-order valence-electron chi connectivity index (χ0n) is 12.4. The third-order valence-electron chi connectivity index (χ3n) is 3.28. The molecule has 0 bridgehead atoms. The molecule has 0 spiro atoms. The fraction of sp³-hybridized carbons (Fsp3) is 0.571. The van der Waals surface area contributed by atoms with Gasteiger partial charge in [0.2, 0.25) is 10.0 Å². The smallest absolute Gasteiger partial charge is 0.241 e. The Labute approximate surface area is 116 Å². The number of rotatable bonds is 5. The maximum Gasteiger partial charge on any atom is 0.241 e. The van der Waals surface area contributed by atoms with E-state index in [1.165, 1.54) is 0 Å². The Balaban J connectivity index is 3.22. The number of ether oxygens (including phenoxy) is 1. The molecule has 0 aliphatic carbocycles. The van der Waals surface area contributed by atoms with Gasteiger partial charge in [0.05, 0.1) is 12.0 Å². The minimum atomic E-state index is -3.50. The molecule has 108 valence electrons. The Kier molecular flexibility index (Phi) is 4.98. The maximum absolute atomic E-state index is 12.4. The number of hydrogen-bond donors (Lipinski definition) is 1. The van der Waals surface area contributed by atoms with Gasteiger partial charge >= 0.3 is 0 Å². The number of hydrogen-bond acceptors (Lipinski definition) is 3. The average molecular weight is 285 g/mol. The Bertz CT molecular complexity index is 527. The third kappa shape index (κ3) is 3.70. The molecule has 1 atom stereocenters. The first-order valence-corrected chi connectivity index (χ1v) is 7.85. The zero-order chi connectivity index (χ0) is 14.8. The summed E-state index contributed by atoms with van der Waals surface area (Å²) in [7, 11) is -1.93. The topological polar surface area (TPSA) is 55.4 Å². The predicted molar refractivity (Wildman–Crippen MR) is 77.1 cm³/mol. The van der Waals surface area contributed by atoms with Crippen LogP contribution in [-0.2, 0) is 10.0 Å². The van der Waals surface area contributed by atoms with Crippen LogP contribution >= 0.6 is 0 Å². The van der Waals surface area contributed by atoms with E-state index < -0.39 is 10.0 Å². The summed E-state index contributed by atoms with van der Waals surface area (Å²) in [5.41, 5.74) is 1.39. The number of benzene rings is 1. The van der Waals surface area contributed by atoms with E-state index in [4.69, 9.17) is 4.74 Å². The van der Waals surface area contributed by atoms with Gasteiger partial charge in [-0.15, -0.1) is 0 Å². The van der Waals surface area contributed by atoms with Gasteiger partial charge in [0.25, 0.3) is 0 Å². The lowest BCUT2D eigenvalue weighted by atomic mass is 10.1. The minimum absolute atomic E-state index is 0.106. The number of nitrogens with one attached hydrogen (secondary N) is 1. The van der Waals surface area contributed by atoms with Crippen LogP contribution < -0.4 is 9.46 Å². The number of sulfonamides is 1. The van der Waals surface area contributed by atoms with Gasteiger partial charge in [0, 0.05) is 6.04 Å².